The third kappa shape index (κ3) is 4.93. The number of alkyl halides is 3. The predicted molar refractivity (Wildman–Crippen MR) is 59.2 cm³/mol. The Hall–Kier alpha value is -1.27. The van der Waals surface area contributed by atoms with Crippen molar-refractivity contribution in [3.05, 3.63) is 29.8 Å². The van der Waals surface area contributed by atoms with Crippen LogP contribution in [0.15, 0.2) is 24.3 Å². The van der Waals surface area contributed by atoms with E-state index in [-0.39, 0.29) is 0 Å². The molecular formula is C12H15F3O3. The summed E-state index contributed by atoms with van der Waals surface area (Å²) in [5.41, 5.74) is 0.538. The second kappa shape index (κ2) is 6.61. The zero-order chi connectivity index (χ0) is 13.6. The predicted octanol–water partition coefficient (Wildman–Crippen LogP) is 3.05. The van der Waals surface area contributed by atoms with Crippen molar-refractivity contribution in [2.45, 2.75) is 25.6 Å². The van der Waals surface area contributed by atoms with E-state index in [1.54, 1.807) is 31.2 Å². The fourth-order valence-electron chi connectivity index (χ4n) is 1.37. The lowest BCUT2D eigenvalue weighted by atomic mass is 10.1. The summed E-state index contributed by atoms with van der Waals surface area (Å²) in [6.07, 6.45) is -4.58. The molecule has 0 radical (unpaired) electrons. The van der Waals surface area contributed by atoms with Gasteiger partial charge in [0.25, 0.3) is 0 Å². The molecule has 0 heterocycles. The zero-order valence-electron chi connectivity index (χ0n) is 9.91. The van der Waals surface area contributed by atoms with Gasteiger partial charge in [-0.1, -0.05) is 25.1 Å². The van der Waals surface area contributed by atoms with Crippen molar-refractivity contribution < 1.29 is 27.8 Å². The Morgan fingerprint density at radius 1 is 1.28 bits per heavy atom. The molecule has 0 bridgehead atoms. The Morgan fingerprint density at radius 2 is 1.94 bits per heavy atom. The van der Waals surface area contributed by atoms with Gasteiger partial charge in [-0.2, -0.15) is 13.2 Å². The van der Waals surface area contributed by atoms with Crippen LogP contribution in [0.1, 0.15) is 25.0 Å². The number of rotatable bonds is 6. The first kappa shape index (κ1) is 14.8. The fraction of sp³-hybridized carbons (Fsp3) is 0.500. The van der Waals surface area contributed by atoms with Crippen LogP contribution < -0.4 is 4.74 Å². The largest absolute Gasteiger partial charge is 0.467 e. The summed E-state index contributed by atoms with van der Waals surface area (Å²) in [6, 6.07) is 6.63. The maximum absolute atomic E-state index is 11.8. The van der Waals surface area contributed by atoms with Gasteiger partial charge in [-0.25, -0.2) is 0 Å². The van der Waals surface area contributed by atoms with Crippen LogP contribution >= 0.6 is 0 Å². The molecule has 0 fully saturated rings. The lowest BCUT2D eigenvalue weighted by molar-refractivity contribution is -0.186. The Kier molecular flexibility index (Phi) is 5.43. The van der Waals surface area contributed by atoms with Gasteiger partial charge in [-0.15, -0.1) is 0 Å². The van der Waals surface area contributed by atoms with Gasteiger partial charge in [-0.3, -0.25) is 0 Å². The highest BCUT2D eigenvalue weighted by atomic mass is 19.4. The Morgan fingerprint density at radius 3 is 2.56 bits per heavy atom. The summed E-state index contributed by atoms with van der Waals surface area (Å²) >= 11 is 0. The highest BCUT2D eigenvalue weighted by molar-refractivity contribution is 5.34. The van der Waals surface area contributed by atoms with Crippen molar-refractivity contribution in [1.29, 1.82) is 0 Å². The first-order chi connectivity index (χ1) is 8.44. The molecule has 1 rings (SSSR count). The van der Waals surface area contributed by atoms with Gasteiger partial charge in [0.05, 0.1) is 6.10 Å². The Balaban J connectivity index is 2.52. The maximum atomic E-state index is 11.8. The smallest absolute Gasteiger partial charge is 0.411 e. The van der Waals surface area contributed by atoms with Crippen LogP contribution in [0.3, 0.4) is 0 Å². The van der Waals surface area contributed by atoms with E-state index in [2.05, 4.69) is 4.74 Å². The van der Waals surface area contributed by atoms with Gasteiger partial charge < -0.3 is 14.6 Å². The average Bonchev–Trinajstić information content (AvgIpc) is 2.33. The standard InChI is InChI=1S/C12H15F3O3/c1-2-10(16)9-5-3-4-6-11(9)18-8-17-7-12(13,14)15/h3-6,10,16H,2,7-8H2,1H3. The molecular weight excluding hydrogens is 249 g/mol. The molecule has 1 unspecified atom stereocenters. The molecule has 1 aromatic rings. The van der Waals surface area contributed by atoms with Gasteiger partial charge in [0.1, 0.15) is 12.4 Å². The first-order valence-corrected chi connectivity index (χ1v) is 5.48. The Labute approximate surface area is 103 Å². The molecule has 102 valence electrons. The topological polar surface area (TPSA) is 38.7 Å². The second-order valence-corrected chi connectivity index (χ2v) is 3.69. The van der Waals surface area contributed by atoms with E-state index in [4.69, 9.17) is 4.74 Å². The van der Waals surface area contributed by atoms with E-state index in [0.717, 1.165) is 0 Å². The molecule has 1 atom stereocenters. The lowest BCUT2D eigenvalue weighted by Gasteiger charge is -2.15. The number of aliphatic hydroxyl groups excluding tert-OH is 1. The normalized spacial score (nSPS) is 13.4. The van der Waals surface area contributed by atoms with Crippen LogP contribution in [0, 0.1) is 0 Å². The number of ether oxygens (including phenoxy) is 2. The minimum absolute atomic E-state index is 0.328. The van der Waals surface area contributed by atoms with Crippen LogP contribution in [0.4, 0.5) is 13.2 Å². The molecule has 0 aromatic heterocycles. The zero-order valence-corrected chi connectivity index (χ0v) is 9.91. The van der Waals surface area contributed by atoms with Crippen molar-refractivity contribution in [2.75, 3.05) is 13.4 Å². The molecule has 0 saturated heterocycles. The summed E-state index contributed by atoms with van der Waals surface area (Å²) in [4.78, 5) is 0. The summed E-state index contributed by atoms with van der Waals surface area (Å²) < 4.78 is 44.9. The summed E-state index contributed by atoms with van der Waals surface area (Å²) in [5.74, 6) is 0.328. The molecule has 1 aromatic carbocycles. The molecule has 0 aliphatic carbocycles. The number of halogens is 3. The molecule has 18 heavy (non-hydrogen) atoms. The van der Waals surface area contributed by atoms with E-state index in [9.17, 15) is 18.3 Å². The van der Waals surface area contributed by atoms with E-state index < -0.39 is 25.7 Å². The maximum Gasteiger partial charge on any atom is 0.411 e. The van der Waals surface area contributed by atoms with Crippen molar-refractivity contribution >= 4 is 0 Å². The number of hydrogen-bond donors (Lipinski definition) is 1. The second-order valence-electron chi connectivity index (χ2n) is 3.69. The van der Waals surface area contributed by atoms with Gasteiger partial charge >= 0.3 is 6.18 Å². The van der Waals surface area contributed by atoms with Crippen molar-refractivity contribution in [1.82, 2.24) is 0 Å². The van der Waals surface area contributed by atoms with E-state index in [1.807, 2.05) is 0 Å². The molecule has 3 nitrogen and oxygen atoms in total. The van der Waals surface area contributed by atoms with Gasteiger partial charge in [0.2, 0.25) is 0 Å². The van der Waals surface area contributed by atoms with Crippen molar-refractivity contribution in [3.63, 3.8) is 0 Å². The highest BCUT2D eigenvalue weighted by Crippen LogP contribution is 2.26. The highest BCUT2D eigenvalue weighted by Gasteiger charge is 2.27. The van der Waals surface area contributed by atoms with Crippen LogP contribution in [-0.2, 0) is 4.74 Å². The average molecular weight is 264 g/mol. The van der Waals surface area contributed by atoms with Crippen molar-refractivity contribution in [3.8, 4) is 5.75 Å². The van der Waals surface area contributed by atoms with E-state index in [1.165, 1.54) is 0 Å². The number of benzene rings is 1. The van der Waals surface area contributed by atoms with E-state index >= 15 is 0 Å². The third-order valence-corrected chi connectivity index (χ3v) is 2.23. The first-order valence-electron chi connectivity index (χ1n) is 5.48. The van der Waals surface area contributed by atoms with Crippen molar-refractivity contribution in [2.24, 2.45) is 0 Å². The minimum atomic E-state index is -4.37. The molecule has 0 spiro atoms. The molecule has 0 aliphatic rings. The number of para-hydroxylation sites is 1. The quantitative estimate of drug-likeness (QED) is 0.634. The molecule has 1 N–H and O–H groups in total. The van der Waals surface area contributed by atoms with Crippen LogP contribution in [0.2, 0.25) is 0 Å². The van der Waals surface area contributed by atoms with Gasteiger partial charge in [-0.05, 0) is 12.5 Å². The lowest BCUT2D eigenvalue weighted by Crippen LogP contribution is -2.19. The minimum Gasteiger partial charge on any atom is -0.467 e. The summed E-state index contributed by atoms with van der Waals surface area (Å²) in [6.45, 7) is -0.0694. The molecule has 0 saturated carbocycles. The van der Waals surface area contributed by atoms with Gasteiger partial charge in [0.15, 0.2) is 6.79 Å². The monoisotopic (exact) mass is 264 g/mol. The molecule has 0 amide bonds. The van der Waals surface area contributed by atoms with Crippen LogP contribution in [0.5, 0.6) is 5.75 Å². The fourth-order valence-corrected chi connectivity index (χ4v) is 1.37. The van der Waals surface area contributed by atoms with E-state index in [0.29, 0.717) is 17.7 Å². The third-order valence-electron chi connectivity index (χ3n) is 2.23. The summed E-state index contributed by atoms with van der Waals surface area (Å²) in [5, 5.41) is 9.70. The SMILES string of the molecule is CCC(O)c1ccccc1OCOCC(F)(F)F. The van der Waals surface area contributed by atoms with Crippen LogP contribution in [0.25, 0.3) is 0 Å². The number of hydrogen-bond acceptors (Lipinski definition) is 3. The number of aliphatic hydroxyl groups is 1. The Bertz CT molecular complexity index is 366. The molecule has 0 aliphatic heterocycles. The summed E-state index contributed by atoms with van der Waals surface area (Å²) in [7, 11) is 0. The van der Waals surface area contributed by atoms with Crippen LogP contribution in [-0.4, -0.2) is 24.7 Å². The van der Waals surface area contributed by atoms with Gasteiger partial charge in [0, 0.05) is 5.56 Å². The molecule has 6 heteroatoms.